The maximum absolute atomic E-state index is 14.8. The minimum atomic E-state index is -0.446. The van der Waals surface area contributed by atoms with Gasteiger partial charge in [-0.2, -0.15) is 4.98 Å². The summed E-state index contributed by atoms with van der Waals surface area (Å²) in [4.78, 5) is 17.2. The lowest BCUT2D eigenvalue weighted by molar-refractivity contribution is 0.262. The number of methoxy groups -OCH3 is 2. The summed E-state index contributed by atoms with van der Waals surface area (Å²) in [5.41, 5.74) is 2.96. The Hall–Kier alpha value is -5.38. The molecule has 10 heteroatoms. The lowest BCUT2D eigenvalue weighted by Gasteiger charge is -2.11. The van der Waals surface area contributed by atoms with Crippen LogP contribution in [0.4, 0.5) is 20.6 Å². The molecule has 9 nitrogen and oxygen atoms in total. The molecule has 0 spiro atoms. The van der Waals surface area contributed by atoms with Crippen LogP contribution >= 0.6 is 0 Å². The number of carbonyl (C=O) groups excluding carboxylic acids is 1. The van der Waals surface area contributed by atoms with E-state index in [1.807, 2.05) is 24.3 Å². The van der Waals surface area contributed by atoms with E-state index in [9.17, 15) is 9.18 Å². The van der Waals surface area contributed by atoms with Gasteiger partial charge in [-0.25, -0.2) is 13.9 Å². The number of hydrogen-bond acceptors (Lipinski definition) is 6. The summed E-state index contributed by atoms with van der Waals surface area (Å²) in [7, 11) is 3.18. The minimum Gasteiger partial charge on any atom is -0.497 e. The van der Waals surface area contributed by atoms with Gasteiger partial charge in [0.2, 0.25) is 0 Å². The monoisotopic (exact) mass is 553 g/mol. The first-order chi connectivity index (χ1) is 20.0. The van der Waals surface area contributed by atoms with Gasteiger partial charge in [-0.1, -0.05) is 36.4 Å². The first-order valence-electron chi connectivity index (χ1n) is 12.8. The van der Waals surface area contributed by atoms with E-state index in [1.54, 1.807) is 80.9 Å². The van der Waals surface area contributed by atoms with E-state index >= 15 is 0 Å². The van der Waals surface area contributed by atoms with Crippen molar-refractivity contribution >= 4 is 17.4 Å². The van der Waals surface area contributed by atoms with Crippen molar-refractivity contribution < 1.29 is 23.4 Å². The zero-order chi connectivity index (χ0) is 28.6. The number of nitrogens with zero attached hydrogens (tertiary/aromatic N) is 3. The first kappa shape index (κ1) is 27.2. The third-order valence-corrected chi connectivity index (χ3v) is 6.16. The number of carbonyl (C=O) groups is 1. The van der Waals surface area contributed by atoms with Gasteiger partial charge in [-0.15, -0.1) is 5.10 Å². The zero-order valence-electron chi connectivity index (χ0n) is 22.5. The van der Waals surface area contributed by atoms with Crippen molar-refractivity contribution in [3.8, 4) is 34.6 Å². The zero-order valence-corrected chi connectivity index (χ0v) is 22.5. The second-order valence-corrected chi connectivity index (χ2v) is 8.92. The molecular weight excluding hydrogens is 525 g/mol. The fraction of sp³-hybridized carbons (Fsp3) is 0.129. The molecule has 0 saturated carbocycles. The highest BCUT2D eigenvalue weighted by atomic mass is 19.1. The predicted octanol–water partition coefficient (Wildman–Crippen LogP) is 6.36. The van der Waals surface area contributed by atoms with E-state index in [0.717, 1.165) is 11.3 Å². The Morgan fingerprint density at radius 2 is 1.54 bits per heavy atom. The molecule has 0 atom stereocenters. The van der Waals surface area contributed by atoms with E-state index in [1.165, 1.54) is 10.7 Å². The Kier molecular flexibility index (Phi) is 8.39. The van der Waals surface area contributed by atoms with Gasteiger partial charge in [0.1, 0.15) is 17.3 Å². The Bertz CT molecular complexity index is 1640. The van der Waals surface area contributed by atoms with Crippen LogP contribution in [-0.4, -0.2) is 41.6 Å². The normalized spacial score (nSPS) is 10.6. The number of ether oxygens (including phenoxy) is 3. The molecule has 0 aliphatic carbocycles. The largest absolute Gasteiger partial charge is 0.497 e. The summed E-state index contributed by atoms with van der Waals surface area (Å²) < 4.78 is 32.6. The summed E-state index contributed by atoms with van der Waals surface area (Å²) >= 11 is 0. The molecule has 0 fully saturated rings. The molecule has 2 N–H and O–H groups in total. The Morgan fingerprint density at radius 1 is 0.829 bits per heavy atom. The molecule has 0 bridgehead atoms. The number of amides is 2. The van der Waals surface area contributed by atoms with Crippen molar-refractivity contribution in [3.63, 3.8) is 0 Å². The molecule has 5 rings (SSSR count). The molecule has 0 aliphatic rings. The van der Waals surface area contributed by atoms with Crippen LogP contribution in [0, 0.1) is 5.82 Å². The van der Waals surface area contributed by atoms with E-state index in [0.29, 0.717) is 35.8 Å². The summed E-state index contributed by atoms with van der Waals surface area (Å²) in [5, 5.41) is 10.1. The Balaban J connectivity index is 1.36. The van der Waals surface area contributed by atoms with Crippen molar-refractivity contribution in [1.29, 1.82) is 0 Å². The lowest BCUT2D eigenvalue weighted by Crippen LogP contribution is -2.19. The number of benzene rings is 4. The van der Waals surface area contributed by atoms with Gasteiger partial charge in [-0.05, 0) is 60.2 Å². The van der Waals surface area contributed by atoms with Crippen LogP contribution in [0.15, 0.2) is 97.1 Å². The third kappa shape index (κ3) is 6.80. The number of nitrogens with one attached hydrogen (secondary N) is 2. The number of hydrogen-bond donors (Lipinski definition) is 2. The fourth-order valence-electron chi connectivity index (χ4n) is 4.11. The van der Waals surface area contributed by atoms with E-state index in [-0.39, 0.29) is 17.4 Å². The van der Waals surface area contributed by atoms with Gasteiger partial charge >= 0.3 is 12.0 Å². The number of rotatable bonds is 10. The van der Waals surface area contributed by atoms with Gasteiger partial charge < -0.3 is 24.8 Å². The second kappa shape index (κ2) is 12.6. The van der Waals surface area contributed by atoms with Crippen LogP contribution in [-0.2, 0) is 6.42 Å². The minimum absolute atomic E-state index is 0.103. The van der Waals surface area contributed by atoms with Crippen LogP contribution in [0.2, 0.25) is 0 Å². The van der Waals surface area contributed by atoms with Crippen molar-refractivity contribution in [2.75, 3.05) is 31.5 Å². The standard InChI is InChI=1S/C31H28FN5O4/c1-39-25-15-13-21(14-16-25)17-18-41-31-35-29(27-11-3-4-12-28(27)32)37(36-31)24-9-5-7-22(19-24)33-30(38)34-23-8-6-10-26(20-23)40-2/h3-16,19-20H,17-18H2,1-2H3,(H2,33,34,38). The van der Waals surface area contributed by atoms with Gasteiger partial charge in [0.05, 0.1) is 32.1 Å². The third-order valence-electron chi connectivity index (χ3n) is 6.16. The molecule has 4 aromatic carbocycles. The van der Waals surface area contributed by atoms with Crippen molar-refractivity contribution in [2.45, 2.75) is 6.42 Å². The molecule has 1 heterocycles. The molecule has 0 aliphatic heterocycles. The lowest BCUT2D eigenvalue weighted by atomic mass is 10.1. The summed E-state index contributed by atoms with van der Waals surface area (Å²) in [6.45, 7) is 0.319. The molecule has 2 amide bonds. The van der Waals surface area contributed by atoms with Crippen LogP contribution in [0.3, 0.4) is 0 Å². The number of urea groups is 1. The average Bonchev–Trinajstić information content (AvgIpc) is 3.42. The molecule has 1 aromatic heterocycles. The second-order valence-electron chi connectivity index (χ2n) is 8.92. The number of anilines is 2. The maximum atomic E-state index is 14.8. The predicted molar refractivity (Wildman–Crippen MR) is 155 cm³/mol. The highest BCUT2D eigenvalue weighted by Gasteiger charge is 2.18. The SMILES string of the molecule is COc1ccc(CCOc2nc(-c3ccccc3F)n(-c3cccc(NC(=O)Nc4cccc(OC)c4)c3)n2)cc1. The van der Waals surface area contributed by atoms with Crippen LogP contribution < -0.4 is 24.8 Å². The topological polar surface area (TPSA) is 99.5 Å². The van der Waals surface area contributed by atoms with Crippen LogP contribution in [0.5, 0.6) is 17.5 Å². The van der Waals surface area contributed by atoms with E-state index in [4.69, 9.17) is 14.2 Å². The van der Waals surface area contributed by atoms with E-state index in [2.05, 4.69) is 20.7 Å². The van der Waals surface area contributed by atoms with Crippen molar-refractivity contribution in [2.24, 2.45) is 0 Å². The van der Waals surface area contributed by atoms with Crippen molar-refractivity contribution in [3.05, 3.63) is 108 Å². The van der Waals surface area contributed by atoms with Crippen LogP contribution in [0.25, 0.3) is 17.1 Å². The highest BCUT2D eigenvalue weighted by molar-refractivity contribution is 6.00. The summed E-state index contributed by atoms with van der Waals surface area (Å²) in [5.74, 6) is 1.22. The molecule has 0 radical (unpaired) electrons. The van der Waals surface area contributed by atoms with E-state index < -0.39 is 11.8 Å². The van der Waals surface area contributed by atoms with Crippen molar-refractivity contribution in [1.82, 2.24) is 14.8 Å². The molecular formula is C31H28FN5O4. The molecule has 0 unspecified atom stereocenters. The number of aromatic nitrogens is 3. The Labute approximate surface area is 236 Å². The quantitative estimate of drug-likeness (QED) is 0.209. The van der Waals surface area contributed by atoms with Gasteiger partial charge in [0.15, 0.2) is 5.82 Å². The molecule has 5 aromatic rings. The highest BCUT2D eigenvalue weighted by Crippen LogP contribution is 2.27. The molecule has 41 heavy (non-hydrogen) atoms. The summed E-state index contributed by atoms with van der Waals surface area (Å²) in [6.07, 6.45) is 0.620. The molecule has 208 valence electrons. The smallest absolute Gasteiger partial charge is 0.336 e. The number of halogens is 1. The maximum Gasteiger partial charge on any atom is 0.336 e. The van der Waals surface area contributed by atoms with Crippen LogP contribution in [0.1, 0.15) is 5.56 Å². The Morgan fingerprint density at radius 3 is 2.27 bits per heavy atom. The van der Waals surface area contributed by atoms with Gasteiger partial charge in [0, 0.05) is 23.9 Å². The summed E-state index contributed by atoms with van der Waals surface area (Å²) in [6, 6.07) is 27.7. The average molecular weight is 554 g/mol. The van der Waals surface area contributed by atoms with Gasteiger partial charge in [-0.3, -0.25) is 0 Å². The fourth-order valence-corrected chi connectivity index (χ4v) is 4.11. The van der Waals surface area contributed by atoms with Gasteiger partial charge in [0.25, 0.3) is 0 Å². The first-order valence-corrected chi connectivity index (χ1v) is 12.8. The molecule has 0 saturated heterocycles.